The number of fused-ring (bicyclic) bond motifs is 2. The van der Waals surface area contributed by atoms with Crippen LogP contribution in [0.5, 0.6) is 0 Å². The van der Waals surface area contributed by atoms with E-state index in [-0.39, 0.29) is 35.9 Å². The predicted octanol–water partition coefficient (Wildman–Crippen LogP) is 3.56. The number of hydrogen-bond acceptors (Lipinski definition) is 5. The van der Waals surface area contributed by atoms with E-state index >= 15 is 4.39 Å². The minimum atomic E-state index is -0.484. The van der Waals surface area contributed by atoms with E-state index in [1.807, 2.05) is 24.3 Å². The van der Waals surface area contributed by atoms with Crippen LogP contribution in [0.25, 0.3) is 22.2 Å². The maximum Gasteiger partial charge on any atom is 0.254 e. The number of halogens is 1. The molecule has 0 unspecified atom stereocenters. The molecule has 1 amide bonds. The van der Waals surface area contributed by atoms with Gasteiger partial charge in [-0.3, -0.25) is 4.79 Å². The molecule has 144 valence electrons. The molecule has 1 saturated carbocycles. The van der Waals surface area contributed by atoms with Gasteiger partial charge in [0.25, 0.3) is 5.91 Å². The molecule has 2 aliphatic rings. The third kappa shape index (κ3) is 2.65. The minimum absolute atomic E-state index is 0.0344. The van der Waals surface area contributed by atoms with E-state index in [2.05, 4.69) is 15.6 Å². The number of furan rings is 1. The fourth-order valence-electron chi connectivity index (χ4n) is 4.25. The monoisotopic (exact) mass is 380 g/mol. The molecule has 0 saturated heterocycles. The van der Waals surface area contributed by atoms with Crippen molar-refractivity contribution in [3.8, 4) is 11.3 Å². The van der Waals surface area contributed by atoms with Crippen LogP contribution in [0.3, 0.4) is 0 Å². The van der Waals surface area contributed by atoms with Crippen LogP contribution in [-0.4, -0.2) is 23.0 Å². The predicted molar refractivity (Wildman–Crippen MR) is 104 cm³/mol. The van der Waals surface area contributed by atoms with Crippen molar-refractivity contribution in [1.29, 1.82) is 0 Å². The van der Waals surface area contributed by atoms with Crippen LogP contribution in [0.2, 0.25) is 0 Å². The summed E-state index contributed by atoms with van der Waals surface area (Å²) in [7, 11) is 0. The smallest absolute Gasteiger partial charge is 0.254 e. The van der Waals surface area contributed by atoms with Crippen molar-refractivity contribution in [2.24, 2.45) is 5.73 Å². The lowest BCUT2D eigenvalue weighted by atomic mass is 9.91. The highest BCUT2D eigenvalue weighted by molar-refractivity contribution is 6.07. The van der Waals surface area contributed by atoms with E-state index < -0.39 is 5.82 Å². The normalized spacial score (nSPS) is 21.6. The number of amides is 1. The molecular formula is C21H21FN4O2. The van der Waals surface area contributed by atoms with Gasteiger partial charge in [-0.25, -0.2) is 9.37 Å². The molecule has 7 heteroatoms. The number of carbonyl (C=O) groups excluding carboxylic acids is 1. The number of rotatable bonds is 3. The van der Waals surface area contributed by atoms with Crippen LogP contribution in [0.1, 0.15) is 41.6 Å². The third-order valence-corrected chi connectivity index (χ3v) is 5.77. The van der Waals surface area contributed by atoms with Crippen molar-refractivity contribution < 1.29 is 13.6 Å². The molecule has 3 heterocycles. The number of benzene rings is 1. The van der Waals surface area contributed by atoms with Gasteiger partial charge in [-0.15, -0.1) is 0 Å². The van der Waals surface area contributed by atoms with E-state index in [1.165, 1.54) is 0 Å². The van der Waals surface area contributed by atoms with Crippen molar-refractivity contribution in [2.75, 3.05) is 5.32 Å². The number of para-hydroxylation sites is 1. The summed E-state index contributed by atoms with van der Waals surface area (Å²) in [6, 6.07) is 7.45. The topological polar surface area (TPSA) is 93.2 Å². The van der Waals surface area contributed by atoms with Gasteiger partial charge >= 0.3 is 0 Å². The third-order valence-electron chi connectivity index (χ3n) is 5.77. The summed E-state index contributed by atoms with van der Waals surface area (Å²) >= 11 is 0. The first-order valence-electron chi connectivity index (χ1n) is 9.63. The van der Waals surface area contributed by atoms with Crippen molar-refractivity contribution in [3.05, 3.63) is 47.5 Å². The van der Waals surface area contributed by atoms with Gasteiger partial charge in [-0.2, -0.15) is 0 Å². The SMILES string of the molecule is N[C@H]1CCCC[C@H]1Nc1nc(-c2coc3ccccc23)c2c(c1F)CNC2=O. The Morgan fingerprint density at radius 2 is 2.07 bits per heavy atom. The number of nitrogens with two attached hydrogens (primary N) is 1. The van der Waals surface area contributed by atoms with Gasteiger partial charge in [0.1, 0.15) is 11.8 Å². The molecule has 0 bridgehead atoms. The number of carbonyl (C=O) groups is 1. The van der Waals surface area contributed by atoms with Gasteiger partial charge in [0, 0.05) is 35.1 Å². The van der Waals surface area contributed by atoms with E-state index in [1.54, 1.807) is 6.26 Å². The highest BCUT2D eigenvalue weighted by atomic mass is 19.1. The van der Waals surface area contributed by atoms with Crippen molar-refractivity contribution in [3.63, 3.8) is 0 Å². The summed E-state index contributed by atoms with van der Waals surface area (Å²) in [5.41, 5.74) is 8.65. The van der Waals surface area contributed by atoms with Crippen LogP contribution < -0.4 is 16.4 Å². The number of nitrogens with one attached hydrogen (secondary N) is 2. The molecule has 0 spiro atoms. The highest BCUT2D eigenvalue weighted by Crippen LogP contribution is 2.37. The molecule has 1 aliphatic heterocycles. The van der Waals surface area contributed by atoms with Gasteiger partial charge < -0.3 is 20.8 Å². The molecule has 5 rings (SSSR count). The Hall–Kier alpha value is -2.93. The molecule has 2 aromatic heterocycles. The van der Waals surface area contributed by atoms with E-state index in [4.69, 9.17) is 10.2 Å². The van der Waals surface area contributed by atoms with E-state index in [0.717, 1.165) is 31.1 Å². The molecule has 6 nitrogen and oxygen atoms in total. The number of aromatic nitrogens is 1. The van der Waals surface area contributed by atoms with Crippen LogP contribution in [-0.2, 0) is 6.54 Å². The average molecular weight is 380 g/mol. The zero-order valence-corrected chi connectivity index (χ0v) is 15.3. The number of pyridine rings is 1. The number of anilines is 1. The Bertz CT molecular complexity index is 1080. The first-order valence-corrected chi connectivity index (χ1v) is 9.63. The lowest BCUT2D eigenvalue weighted by Crippen LogP contribution is -2.43. The Morgan fingerprint density at radius 3 is 2.93 bits per heavy atom. The zero-order valence-electron chi connectivity index (χ0n) is 15.3. The van der Waals surface area contributed by atoms with E-state index in [0.29, 0.717) is 22.4 Å². The highest BCUT2D eigenvalue weighted by Gasteiger charge is 2.32. The minimum Gasteiger partial charge on any atom is -0.464 e. The number of nitrogens with zero attached hydrogens (tertiary/aromatic N) is 1. The van der Waals surface area contributed by atoms with Crippen LogP contribution in [0.15, 0.2) is 34.9 Å². The second-order valence-electron chi connectivity index (χ2n) is 7.50. The fraction of sp³-hybridized carbons (Fsp3) is 0.333. The Kier molecular flexibility index (Phi) is 4.05. The molecule has 1 aliphatic carbocycles. The standard InChI is InChI=1S/C21H21FN4O2/c22-18-12-9-24-21(27)17(12)19(13-10-28-16-8-4-1-5-11(13)16)26-20(18)25-15-7-3-2-6-14(15)23/h1,4-5,8,10,14-15H,2-3,6-7,9,23H2,(H,24,27)(H,25,26)/t14-,15+/m0/s1. The lowest BCUT2D eigenvalue weighted by molar-refractivity contribution is 0.0966. The maximum atomic E-state index is 15.2. The first-order chi connectivity index (χ1) is 13.6. The molecule has 2 atom stereocenters. The van der Waals surface area contributed by atoms with Gasteiger partial charge in [0.2, 0.25) is 0 Å². The van der Waals surface area contributed by atoms with E-state index in [9.17, 15) is 4.79 Å². The van der Waals surface area contributed by atoms with Gasteiger partial charge in [-0.05, 0) is 18.9 Å². The van der Waals surface area contributed by atoms with Crippen molar-refractivity contribution >= 4 is 22.7 Å². The largest absolute Gasteiger partial charge is 0.464 e. The summed E-state index contributed by atoms with van der Waals surface area (Å²) in [4.78, 5) is 17.0. The van der Waals surface area contributed by atoms with Gasteiger partial charge in [-0.1, -0.05) is 31.0 Å². The Balaban J connectivity index is 1.66. The number of hydrogen-bond donors (Lipinski definition) is 3. The second kappa shape index (κ2) is 6.60. The van der Waals surface area contributed by atoms with Crippen molar-refractivity contribution in [2.45, 2.75) is 44.3 Å². The molecular weight excluding hydrogens is 359 g/mol. The molecule has 1 aromatic carbocycles. The summed E-state index contributed by atoms with van der Waals surface area (Å²) in [5, 5.41) is 6.76. The summed E-state index contributed by atoms with van der Waals surface area (Å²) in [5.74, 6) is -0.650. The van der Waals surface area contributed by atoms with Gasteiger partial charge in [0.15, 0.2) is 11.6 Å². The first kappa shape index (κ1) is 17.2. The Morgan fingerprint density at radius 1 is 1.25 bits per heavy atom. The fourth-order valence-corrected chi connectivity index (χ4v) is 4.25. The van der Waals surface area contributed by atoms with Crippen LogP contribution in [0, 0.1) is 5.82 Å². The summed E-state index contributed by atoms with van der Waals surface area (Å²) in [6.07, 6.45) is 5.50. The van der Waals surface area contributed by atoms with Crippen molar-refractivity contribution in [1.82, 2.24) is 10.3 Å². The molecule has 28 heavy (non-hydrogen) atoms. The lowest BCUT2D eigenvalue weighted by Gasteiger charge is -2.30. The van der Waals surface area contributed by atoms with Gasteiger partial charge in [0.05, 0.1) is 11.3 Å². The summed E-state index contributed by atoms with van der Waals surface area (Å²) in [6.45, 7) is 0.150. The summed E-state index contributed by atoms with van der Waals surface area (Å²) < 4.78 is 20.8. The maximum absolute atomic E-state index is 15.2. The molecule has 0 radical (unpaired) electrons. The Labute approximate surface area is 161 Å². The van der Waals surface area contributed by atoms with Crippen LogP contribution >= 0.6 is 0 Å². The molecule has 3 aromatic rings. The average Bonchev–Trinajstić information content (AvgIpc) is 3.30. The molecule has 4 N–H and O–H groups in total. The van der Waals surface area contributed by atoms with Crippen LogP contribution in [0.4, 0.5) is 10.2 Å². The zero-order chi connectivity index (χ0) is 19.3. The second-order valence-corrected chi connectivity index (χ2v) is 7.50. The quantitative estimate of drug-likeness (QED) is 0.646. The molecule has 1 fully saturated rings.